The average molecular weight is 204 g/mol. The Bertz CT molecular complexity index is 289. The van der Waals surface area contributed by atoms with Gasteiger partial charge in [-0.3, -0.25) is 0 Å². The molecule has 0 bridgehead atoms. The van der Waals surface area contributed by atoms with Crippen LogP contribution in [-0.2, 0) is 6.42 Å². The lowest BCUT2D eigenvalue weighted by atomic mass is 9.85. The van der Waals surface area contributed by atoms with Gasteiger partial charge in [0, 0.05) is 0 Å². The molecule has 0 radical (unpaired) electrons. The Labute approximate surface area is 92.5 Å². The predicted molar refractivity (Wildman–Crippen MR) is 64.7 cm³/mol. The van der Waals surface area contributed by atoms with Gasteiger partial charge in [0.05, 0.1) is 6.10 Å². The normalized spacial score (nSPS) is 14.9. The fourth-order valence-electron chi connectivity index (χ4n) is 1.81. The van der Waals surface area contributed by atoms with Gasteiger partial charge in [-0.1, -0.05) is 50.3 Å². The Balaban J connectivity index is 2.71. The molecule has 1 N–H and O–H groups in total. The summed E-state index contributed by atoms with van der Waals surface area (Å²) in [6, 6.07) is 10.3. The molecule has 1 rings (SSSR count). The van der Waals surface area contributed by atoms with E-state index in [1.54, 1.807) is 6.08 Å². The first-order chi connectivity index (χ1) is 7.15. The highest BCUT2D eigenvalue weighted by molar-refractivity contribution is 5.16. The molecule has 0 saturated heterocycles. The molecule has 2 atom stereocenters. The van der Waals surface area contributed by atoms with Gasteiger partial charge in [0.25, 0.3) is 0 Å². The highest BCUT2D eigenvalue weighted by atomic mass is 16.3. The molecule has 0 heterocycles. The van der Waals surface area contributed by atoms with Crippen LogP contribution in [0.25, 0.3) is 0 Å². The molecule has 0 aliphatic rings. The Kier molecular flexibility index (Phi) is 4.57. The second kappa shape index (κ2) is 5.72. The summed E-state index contributed by atoms with van der Waals surface area (Å²) in [6.07, 6.45) is 2.13. The zero-order chi connectivity index (χ0) is 11.3. The number of hydrogen-bond donors (Lipinski definition) is 1. The van der Waals surface area contributed by atoms with Gasteiger partial charge in [0.15, 0.2) is 0 Å². The van der Waals surface area contributed by atoms with Gasteiger partial charge in [-0.15, -0.1) is 6.58 Å². The van der Waals surface area contributed by atoms with E-state index in [1.807, 2.05) is 18.2 Å². The van der Waals surface area contributed by atoms with E-state index in [0.29, 0.717) is 5.92 Å². The van der Waals surface area contributed by atoms with Gasteiger partial charge in [-0.2, -0.15) is 0 Å². The Morgan fingerprint density at radius 1 is 1.27 bits per heavy atom. The van der Waals surface area contributed by atoms with E-state index in [1.165, 1.54) is 5.56 Å². The van der Waals surface area contributed by atoms with Gasteiger partial charge < -0.3 is 5.11 Å². The molecular formula is C14H20O. The van der Waals surface area contributed by atoms with Crippen LogP contribution >= 0.6 is 0 Å². The molecule has 0 aliphatic heterocycles. The largest absolute Gasteiger partial charge is 0.389 e. The molecule has 0 aliphatic carbocycles. The first-order valence-electron chi connectivity index (χ1n) is 5.49. The number of rotatable bonds is 5. The van der Waals surface area contributed by atoms with E-state index in [2.05, 4.69) is 32.6 Å². The molecule has 1 aromatic rings. The summed E-state index contributed by atoms with van der Waals surface area (Å²) in [4.78, 5) is 0. The molecule has 1 nitrogen and oxygen atoms in total. The number of benzene rings is 1. The summed E-state index contributed by atoms with van der Waals surface area (Å²) in [5.41, 5.74) is 1.28. The van der Waals surface area contributed by atoms with Crippen LogP contribution in [0, 0.1) is 11.8 Å². The van der Waals surface area contributed by atoms with Crippen LogP contribution in [0.3, 0.4) is 0 Å². The summed E-state index contributed by atoms with van der Waals surface area (Å²) >= 11 is 0. The third kappa shape index (κ3) is 3.52. The number of aliphatic hydroxyl groups is 1. The van der Waals surface area contributed by atoms with Crippen molar-refractivity contribution in [2.24, 2.45) is 11.8 Å². The van der Waals surface area contributed by atoms with Crippen LogP contribution in [0.2, 0.25) is 0 Å². The first kappa shape index (κ1) is 12.0. The predicted octanol–water partition coefficient (Wildman–Crippen LogP) is 3.05. The maximum atomic E-state index is 9.83. The first-order valence-corrected chi connectivity index (χ1v) is 5.49. The van der Waals surface area contributed by atoms with E-state index in [0.717, 1.165) is 6.42 Å². The van der Waals surface area contributed by atoms with Crippen LogP contribution in [0.5, 0.6) is 0 Å². The van der Waals surface area contributed by atoms with Crippen molar-refractivity contribution >= 4 is 0 Å². The monoisotopic (exact) mass is 204 g/mol. The maximum Gasteiger partial charge on any atom is 0.0752 e. The smallest absolute Gasteiger partial charge is 0.0752 e. The topological polar surface area (TPSA) is 20.2 Å². The second-order valence-electron chi connectivity index (χ2n) is 4.32. The molecule has 82 valence electrons. The van der Waals surface area contributed by atoms with Crippen LogP contribution in [0.15, 0.2) is 43.0 Å². The molecule has 0 amide bonds. The fourth-order valence-corrected chi connectivity index (χ4v) is 1.81. The lowest BCUT2D eigenvalue weighted by Gasteiger charge is -2.24. The van der Waals surface area contributed by atoms with Crippen molar-refractivity contribution < 1.29 is 5.11 Å². The lowest BCUT2D eigenvalue weighted by Crippen LogP contribution is -2.25. The minimum absolute atomic E-state index is 0.255. The molecule has 15 heavy (non-hydrogen) atoms. The van der Waals surface area contributed by atoms with Crippen LogP contribution in [0.1, 0.15) is 19.4 Å². The second-order valence-corrected chi connectivity index (χ2v) is 4.32. The van der Waals surface area contributed by atoms with Crippen molar-refractivity contribution in [3.8, 4) is 0 Å². The van der Waals surface area contributed by atoms with Crippen molar-refractivity contribution in [2.75, 3.05) is 0 Å². The van der Waals surface area contributed by atoms with Crippen molar-refractivity contribution in [2.45, 2.75) is 26.4 Å². The fraction of sp³-hybridized carbons (Fsp3) is 0.429. The quantitative estimate of drug-likeness (QED) is 0.731. The van der Waals surface area contributed by atoms with Crippen LogP contribution in [0.4, 0.5) is 0 Å². The Morgan fingerprint density at radius 3 is 2.33 bits per heavy atom. The van der Waals surface area contributed by atoms with Gasteiger partial charge in [-0.25, -0.2) is 0 Å². The third-order valence-corrected chi connectivity index (χ3v) is 2.85. The van der Waals surface area contributed by atoms with Gasteiger partial charge in [0.1, 0.15) is 0 Å². The average Bonchev–Trinajstić information content (AvgIpc) is 2.26. The van der Waals surface area contributed by atoms with Crippen LogP contribution < -0.4 is 0 Å². The molecular weight excluding hydrogens is 184 g/mol. The zero-order valence-corrected chi connectivity index (χ0v) is 9.56. The molecule has 0 saturated carbocycles. The molecule has 0 fully saturated rings. The molecule has 0 unspecified atom stereocenters. The molecule has 1 heteroatoms. The van der Waals surface area contributed by atoms with Gasteiger partial charge in [-0.05, 0) is 23.8 Å². The van der Waals surface area contributed by atoms with E-state index in [4.69, 9.17) is 0 Å². The van der Waals surface area contributed by atoms with E-state index >= 15 is 0 Å². The summed E-state index contributed by atoms with van der Waals surface area (Å²) in [5, 5.41) is 9.83. The van der Waals surface area contributed by atoms with Gasteiger partial charge >= 0.3 is 0 Å². The Hall–Kier alpha value is -1.08. The molecule has 1 aromatic carbocycles. The number of hydrogen-bond acceptors (Lipinski definition) is 1. The lowest BCUT2D eigenvalue weighted by molar-refractivity contribution is 0.122. The summed E-state index contributed by atoms with van der Waals surface area (Å²) in [7, 11) is 0. The summed E-state index contributed by atoms with van der Waals surface area (Å²) < 4.78 is 0. The minimum atomic E-state index is -0.412. The van der Waals surface area contributed by atoms with Crippen molar-refractivity contribution in [3.05, 3.63) is 48.6 Å². The molecule has 0 aromatic heterocycles. The summed E-state index contributed by atoms with van der Waals surface area (Å²) in [6.45, 7) is 7.93. The van der Waals surface area contributed by atoms with Crippen molar-refractivity contribution in [1.82, 2.24) is 0 Å². The number of aliphatic hydroxyl groups excluding tert-OH is 1. The maximum absolute atomic E-state index is 9.83. The van der Waals surface area contributed by atoms with Crippen molar-refractivity contribution in [1.29, 1.82) is 0 Å². The minimum Gasteiger partial charge on any atom is -0.389 e. The standard InChI is InChI=1S/C14H20O/c1-4-14(15)13(11(2)3)10-12-8-6-5-7-9-12/h4-9,11,13-15H,1,10H2,2-3H3/t13-,14+/m0/s1. The molecule has 0 spiro atoms. The van der Waals surface area contributed by atoms with E-state index < -0.39 is 6.10 Å². The van der Waals surface area contributed by atoms with E-state index in [-0.39, 0.29) is 5.92 Å². The Morgan fingerprint density at radius 2 is 1.87 bits per heavy atom. The van der Waals surface area contributed by atoms with Crippen LogP contribution in [-0.4, -0.2) is 11.2 Å². The summed E-state index contributed by atoms with van der Waals surface area (Å²) in [5.74, 6) is 0.711. The van der Waals surface area contributed by atoms with Gasteiger partial charge in [0.2, 0.25) is 0 Å². The van der Waals surface area contributed by atoms with E-state index in [9.17, 15) is 5.11 Å². The zero-order valence-electron chi connectivity index (χ0n) is 9.56. The third-order valence-electron chi connectivity index (χ3n) is 2.85. The highest BCUT2D eigenvalue weighted by Crippen LogP contribution is 2.21. The van der Waals surface area contributed by atoms with Crippen molar-refractivity contribution in [3.63, 3.8) is 0 Å². The SMILES string of the molecule is C=C[C@@H](O)[C@@H](Cc1ccccc1)C(C)C. The highest BCUT2D eigenvalue weighted by Gasteiger charge is 2.20.